The number of amides is 1. The summed E-state index contributed by atoms with van der Waals surface area (Å²) in [5.74, 6) is -1.70. The molecule has 24 heavy (non-hydrogen) atoms. The van der Waals surface area contributed by atoms with Gasteiger partial charge < -0.3 is 0 Å². The lowest BCUT2D eigenvalue weighted by Crippen LogP contribution is -2.21. The molecule has 0 aliphatic carbocycles. The van der Waals surface area contributed by atoms with Crippen LogP contribution in [0.3, 0.4) is 0 Å². The molecule has 0 aliphatic heterocycles. The van der Waals surface area contributed by atoms with Crippen molar-refractivity contribution in [1.82, 2.24) is 25.0 Å². The molecule has 0 bridgehead atoms. The maximum Gasteiger partial charge on any atom is 0.436 e. The number of hydrazone groups is 1. The molecule has 1 amide bonds. The summed E-state index contributed by atoms with van der Waals surface area (Å²) in [6.07, 6.45) is -3.81. The third-order valence-corrected chi connectivity index (χ3v) is 3.39. The summed E-state index contributed by atoms with van der Waals surface area (Å²) >= 11 is 5.57. The number of carbonyl (C=O) groups is 1. The molecule has 0 saturated heterocycles. The molecular weight excluding hydrogens is 356 g/mol. The number of rotatable bonds is 3. The van der Waals surface area contributed by atoms with Gasteiger partial charge in [0.1, 0.15) is 10.7 Å². The standard InChI is InChI=1S/C12H11ClF4N6O/c1-5-6(10(14)23(3)20-5)4-18-19-11(24)8-7(13)9(12(15,16)17)21-22(8)2/h4H,1-3H3,(H,19,24). The zero-order valence-corrected chi connectivity index (χ0v) is 13.4. The lowest BCUT2D eigenvalue weighted by molar-refractivity contribution is -0.141. The van der Waals surface area contributed by atoms with E-state index in [2.05, 4.69) is 15.3 Å². The minimum Gasteiger partial charge on any atom is -0.266 e. The van der Waals surface area contributed by atoms with Gasteiger partial charge in [-0.3, -0.25) is 9.48 Å². The Morgan fingerprint density at radius 1 is 1.29 bits per heavy atom. The number of halogens is 5. The minimum absolute atomic E-state index is 0.0323. The fourth-order valence-electron chi connectivity index (χ4n) is 1.93. The largest absolute Gasteiger partial charge is 0.436 e. The molecular formula is C12H11ClF4N6O. The summed E-state index contributed by atoms with van der Waals surface area (Å²) in [5, 5.41) is 9.64. The number of carbonyl (C=O) groups excluding carboxylic acids is 1. The Labute approximate surface area is 137 Å². The summed E-state index contributed by atoms with van der Waals surface area (Å²) in [4.78, 5) is 11.9. The molecule has 0 aromatic carbocycles. The monoisotopic (exact) mass is 366 g/mol. The van der Waals surface area contributed by atoms with Gasteiger partial charge in [-0.15, -0.1) is 0 Å². The van der Waals surface area contributed by atoms with Gasteiger partial charge in [0, 0.05) is 14.1 Å². The van der Waals surface area contributed by atoms with Gasteiger partial charge >= 0.3 is 6.18 Å². The maximum atomic E-state index is 13.7. The molecule has 130 valence electrons. The molecule has 0 spiro atoms. The van der Waals surface area contributed by atoms with E-state index < -0.39 is 34.4 Å². The Balaban J connectivity index is 2.22. The van der Waals surface area contributed by atoms with E-state index in [1.807, 2.05) is 5.43 Å². The van der Waals surface area contributed by atoms with E-state index in [9.17, 15) is 22.4 Å². The average Bonchev–Trinajstić information content (AvgIpc) is 2.88. The number of hydrogen-bond acceptors (Lipinski definition) is 4. The molecule has 1 N–H and O–H groups in total. The molecule has 0 aliphatic rings. The van der Waals surface area contributed by atoms with Crippen molar-refractivity contribution in [2.24, 2.45) is 19.2 Å². The van der Waals surface area contributed by atoms with E-state index in [-0.39, 0.29) is 5.56 Å². The van der Waals surface area contributed by atoms with Crippen LogP contribution in [0.2, 0.25) is 5.02 Å². The zero-order valence-electron chi connectivity index (χ0n) is 12.6. The molecule has 12 heteroatoms. The first-order valence-corrected chi connectivity index (χ1v) is 6.74. The molecule has 2 aromatic heterocycles. The van der Waals surface area contributed by atoms with E-state index in [4.69, 9.17) is 11.6 Å². The topological polar surface area (TPSA) is 77.1 Å². The summed E-state index contributed by atoms with van der Waals surface area (Å²) < 4.78 is 53.4. The van der Waals surface area contributed by atoms with Crippen LogP contribution < -0.4 is 5.43 Å². The summed E-state index contributed by atoms with van der Waals surface area (Å²) in [6.45, 7) is 1.53. The van der Waals surface area contributed by atoms with Gasteiger partial charge in [0.2, 0.25) is 5.95 Å². The van der Waals surface area contributed by atoms with Crippen LogP contribution in [0.15, 0.2) is 5.10 Å². The third-order valence-electron chi connectivity index (χ3n) is 3.03. The van der Waals surface area contributed by atoms with Gasteiger partial charge in [-0.05, 0) is 6.92 Å². The summed E-state index contributed by atoms with van der Waals surface area (Å²) in [7, 11) is 2.51. The van der Waals surface area contributed by atoms with Crippen molar-refractivity contribution in [2.45, 2.75) is 13.1 Å². The van der Waals surface area contributed by atoms with Crippen molar-refractivity contribution in [3.05, 3.63) is 33.6 Å². The molecule has 0 saturated carbocycles. The summed E-state index contributed by atoms with van der Waals surface area (Å²) in [5.41, 5.74) is 0.426. The molecule has 7 nitrogen and oxygen atoms in total. The van der Waals surface area contributed by atoms with Crippen LogP contribution in [0.4, 0.5) is 17.6 Å². The normalized spacial score (nSPS) is 12.2. The average molecular weight is 367 g/mol. The first kappa shape index (κ1) is 17.9. The molecule has 0 radical (unpaired) electrons. The van der Waals surface area contributed by atoms with Crippen molar-refractivity contribution in [2.75, 3.05) is 0 Å². The maximum absolute atomic E-state index is 13.7. The Bertz CT molecular complexity index is 823. The zero-order chi connectivity index (χ0) is 18.2. The number of aryl methyl sites for hydroxylation is 3. The smallest absolute Gasteiger partial charge is 0.266 e. The Hall–Kier alpha value is -2.43. The van der Waals surface area contributed by atoms with Crippen LogP contribution in [0.1, 0.15) is 27.4 Å². The highest BCUT2D eigenvalue weighted by Gasteiger charge is 2.39. The molecule has 0 fully saturated rings. The number of aromatic nitrogens is 4. The second kappa shape index (κ2) is 6.23. The highest BCUT2D eigenvalue weighted by Crippen LogP contribution is 2.35. The predicted molar refractivity (Wildman–Crippen MR) is 76.2 cm³/mol. The van der Waals surface area contributed by atoms with Crippen LogP contribution in [0.5, 0.6) is 0 Å². The van der Waals surface area contributed by atoms with Crippen molar-refractivity contribution < 1.29 is 22.4 Å². The highest BCUT2D eigenvalue weighted by molar-refractivity contribution is 6.34. The fourth-order valence-corrected chi connectivity index (χ4v) is 2.28. The molecule has 0 unspecified atom stereocenters. The van der Waals surface area contributed by atoms with Crippen LogP contribution in [-0.4, -0.2) is 31.7 Å². The fraction of sp³-hybridized carbons (Fsp3) is 0.333. The van der Waals surface area contributed by atoms with Crippen molar-refractivity contribution in [3.63, 3.8) is 0 Å². The summed E-state index contributed by atoms with van der Waals surface area (Å²) in [6, 6.07) is 0. The Morgan fingerprint density at radius 3 is 2.38 bits per heavy atom. The minimum atomic E-state index is -4.80. The van der Waals surface area contributed by atoms with E-state index in [0.717, 1.165) is 17.9 Å². The quantitative estimate of drug-likeness (QED) is 0.513. The molecule has 0 atom stereocenters. The van der Waals surface area contributed by atoms with Crippen LogP contribution >= 0.6 is 11.6 Å². The van der Waals surface area contributed by atoms with Gasteiger partial charge in [-0.1, -0.05) is 11.6 Å². The lowest BCUT2D eigenvalue weighted by Gasteiger charge is -2.02. The van der Waals surface area contributed by atoms with Gasteiger partial charge in [-0.2, -0.15) is 32.9 Å². The predicted octanol–water partition coefficient (Wildman–Crippen LogP) is 2.04. The van der Waals surface area contributed by atoms with E-state index in [1.54, 1.807) is 0 Å². The number of nitrogens with zero attached hydrogens (tertiary/aromatic N) is 5. The number of nitrogens with one attached hydrogen (secondary N) is 1. The highest BCUT2D eigenvalue weighted by atomic mass is 35.5. The van der Waals surface area contributed by atoms with E-state index in [0.29, 0.717) is 10.4 Å². The van der Waals surface area contributed by atoms with Gasteiger partial charge in [-0.25, -0.2) is 10.1 Å². The van der Waals surface area contributed by atoms with Crippen LogP contribution in [0, 0.1) is 12.9 Å². The lowest BCUT2D eigenvalue weighted by atomic mass is 10.3. The number of hydrogen-bond donors (Lipinski definition) is 1. The van der Waals surface area contributed by atoms with Crippen molar-refractivity contribution >= 4 is 23.7 Å². The second-order valence-electron chi connectivity index (χ2n) is 4.75. The Kier molecular flexibility index (Phi) is 4.65. The van der Waals surface area contributed by atoms with Gasteiger partial charge in [0.05, 0.1) is 17.5 Å². The van der Waals surface area contributed by atoms with Crippen molar-refractivity contribution in [3.8, 4) is 0 Å². The first-order chi connectivity index (χ1) is 11.0. The SMILES string of the molecule is Cc1nn(C)c(F)c1C=NNC(=O)c1c(Cl)c(C(F)(F)F)nn1C. The van der Waals surface area contributed by atoms with Crippen LogP contribution in [-0.2, 0) is 20.3 Å². The van der Waals surface area contributed by atoms with Gasteiger partial charge in [0.25, 0.3) is 5.91 Å². The first-order valence-electron chi connectivity index (χ1n) is 6.36. The van der Waals surface area contributed by atoms with Gasteiger partial charge in [0.15, 0.2) is 5.69 Å². The molecule has 2 aromatic rings. The third kappa shape index (κ3) is 3.25. The molecule has 2 heterocycles. The number of alkyl halides is 3. The Morgan fingerprint density at radius 2 is 1.92 bits per heavy atom. The second-order valence-corrected chi connectivity index (χ2v) is 5.12. The van der Waals surface area contributed by atoms with E-state index >= 15 is 0 Å². The van der Waals surface area contributed by atoms with Crippen LogP contribution in [0.25, 0.3) is 0 Å². The van der Waals surface area contributed by atoms with E-state index in [1.165, 1.54) is 14.0 Å². The molecule has 2 rings (SSSR count). The van der Waals surface area contributed by atoms with Crippen molar-refractivity contribution in [1.29, 1.82) is 0 Å².